The molecule has 0 aromatic heterocycles. The first-order chi connectivity index (χ1) is 23.8. The van der Waals surface area contributed by atoms with Crippen LogP contribution < -0.4 is 4.74 Å². The van der Waals surface area contributed by atoms with Crippen LogP contribution >= 0.6 is 0 Å². The van der Waals surface area contributed by atoms with Crippen LogP contribution in [0.2, 0.25) is 0 Å². The lowest BCUT2D eigenvalue weighted by Crippen LogP contribution is -2.52. The second kappa shape index (κ2) is 14.1. The number of imide groups is 1. The standard InChI is InChI=1S/C36H38F3N3O8S/c1-23-18-26(31(43)50-34(2,3)4)11-10-25(23)12-17-51(47,48)41-15-13-35(14-16-41)32(44)42(33(45)46)30(40-35)27-19-28(36(37,38)39)21-29(20-27)49-22-24-8-6-5-7-9-24/h5-11,18-21H,12-17,22H2,1-4H3,(H,45,46). The number of piperidine rings is 1. The van der Waals surface area contributed by atoms with Crippen molar-refractivity contribution < 1.29 is 50.6 Å². The first-order valence-electron chi connectivity index (χ1n) is 16.2. The highest BCUT2D eigenvalue weighted by atomic mass is 32.2. The molecule has 5 rings (SSSR count). The molecule has 0 atom stereocenters. The van der Waals surface area contributed by atoms with E-state index in [1.165, 1.54) is 10.4 Å². The van der Waals surface area contributed by atoms with Gasteiger partial charge in [0.2, 0.25) is 10.0 Å². The molecule has 2 heterocycles. The lowest BCUT2D eigenvalue weighted by atomic mass is 9.88. The van der Waals surface area contributed by atoms with Crippen molar-refractivity contribution in [3.05, 3.63) is 100 Å². The molecular formula is C36H38F3N3O8S. The van der Waals surface area contributed by atoms with Gasteiger partial charge in [0.1, 0.15) is 29.3 Å². The number of aryl methyl sites for hydroxylation is 2. The third kappa shape index (κ3) is 8.59. The fourth-order valence-electron chi connectivity index (χ4n) is 5.96. The van der Waals surface area contributed by atoms with Gasteiger partial charge in [0, 0.05) is 18.7 Å². The van der Waals surface area contributed by atoms with Gasteiger partial charge in [0.05, 0.1) is 16.9 Å². The molecule has 2 aliphatic heterocycles. The van der Waals surface area contributed by atoms with Gasteiger partial charge in [-0.25, -0.2) is 22.3 Å². The maximum absolute atomic E-state index is 14.0. The number of amidine groups is 1. The number of amides is 2. The number of esters is 1. The fourth-order valence-corrected chi connectivity index (χ4v) is 7.44. The van der Waals surface area contributed by atoms with E-state index in [9.17, 15) is 41.1 Å². The Bertz CT molecular complexity index is 1970. The summed E-state index contributed by atoms with van der Waals surface area (Å²) in [4.78, 5) is 43.1. The molecule has 3 aromatic carbocycles. The molecule has 1 fully saturated rings. The molecule has 0 saturated carbocycles. The van der Waals surface area contributed by atoms with Gasteiger partial charge in [-0.05, 0) is 94.0 Å². The number of benzene rings is 3. The van der Waals surface area contributed by atoms with Crippen molar-refractivity contribution in [3.8, 4) is 5.75 Å². The summed E-state index contributed by atoms with van der Waals surface area (Å²) in [7, 11) is -3.85. The van der Waals surface area contributed by atoms with Gasteiger partial charge >= 0.3 is 18.2 Å². The average molecular weight is 730 g/mol. The predicted molar refractivity (Wildman–Crippen MR) is 181 cm³/mol. The van der Waals surface area contributed by atoms with Crippen LogP contribution in [0, 0.1) is 6.92 Å². The summed E-state index contributed by atoms with van der Waals surface area (Å²) in [6, 6.07) is 16.3. The maximum Gasteiger partial charge on any atom is 0.420 e. The Morgan fingerprint density at radius 2 is 1.65 bits per heavy atom. The minimum absolute atomic E-state index is 0.0686. The van der Waals surface area contributed by atoms with Crippen LogP contribution in [0.3, 0.4) is 0 Å². The van der Waals surface area contributed by atoms with Crippen LogP contribution in [0.15, 0.2) is 71.7 Å². The van der Waals surface area contributed by atoms with Crippen molar-refractivity contribution in [2.24, 2.45) is 4.99 Å². The quantitative estimate of drug-likeness (QED) is 0.256. The van der Waals surface area contributed by atoms with Gasteiger partial charge < -0.3 is 14.6 Å². The molecule has 3 aromatic rings. The Labute approximate surface area is 293 Å². The monoisotopic (exact) mass is 729 g/mol. The number of carbonyl (C=O) groups is 3. The molecule has 2 aliphatic rings. The number of hydrogen-bond acceptors (Lipinski definition) is 8. The average Bonchev–Trinajstić information content (AvgIpc) is 3.33. The molecule has 0 bridgehead atoms. The zero-order valence-electron chi connectivity index (χ0n) is 28.5. The van der Waals surface area contributed by atoms with E-state index in [4.69, 9.17) is 9.47 Å². The summed E-state index contributed by atoms with van der Waals surface area (Å²) >= 11 is 0. The highest BCUT2D eigenvalue weighted by molar-refractivity contribution is 7.89. The second-order valence-electron chi connectivity index (χ2n) is 13.5. The van der Waals surface area contributed by atoms with Crippen LogP contribution in [0.5, 0.6) is 5.75 Å². The third-order valence-corrected chi connectivity index (χ3v) is 10.5. The Morgan fingerprint density at radius 1 is 0.980 bits per heavy atom. The first-order valence-corrected chi connectivity index (χ1v) is 17.8. The molecule has 0 radical (unpaired) electrons. The van der Waals surface area contributed by atoms with E-state index in [0.29, 0.717) is 33.2 Å². The van der Waals surface area contributed by atoms with E-state index in [1.54, 1.807) is 76.2 Å². The number of halogens is 3. The van der Waals surface area contributed by atoms with Crippen LogP contribution in [0.1, 0.15) is 71.8 Å². The van der Waals surface area contributed by atoms with Gasteiger partial charge in [0.25, 0.3) is 5.91 Å². The Balaban J connectivity index is 1.33. The summed E-state index contributed by atoms with van der Waals surface area (Å²) in [6.07, 6.45) is -6.78. The van der Waals surface area contributed by atoms with Crippen LogP contribution in [-0.2, 0) is 38.8 Å². The smallest absolute Gasteiger partial charge is 0.420 e. The van der Waals surface area contributed by atoms with Crippen LogP contribution in [-0.4, -0.2) is 76.5 Å². The molecule has 2 amide bonds. The predicted octanol–water partition coefficient (Wildman–Crippen LogP) is 6.22. The van der Waals surface area contributed by atoms with Crippen LogP contribution in [0.25, 0.3) is 0 Å². The van der Waals surface area contributed by atoms with E-state index >= 15 is 0 Å². The number of hydrogen-bond donors (Lipinski definition) is 1. The molecule has 0 unspecified atom stereocenters. The van der Waals surface area contributed by atoms with Crippen molar-refractivity contribution in [1.29, 1.82) is 0 Å². The first kappa shape index (κ1) is 37.5. The molecule has 0 aliphatic carbocycles. The maximum atomic E-state index is 14.0. The van der Waals surface area contributed by atoms with E-state index in [0.717, 1.165) is 6.07 Å². The highest BCUT2D eigenvalue weighted by Gasteiger charge is 2.53. The number of nitrogens with zero attached hydrogens (tertiary/aromatic N) is 3. The number of ether oxygens (including phenoxy) is 2. The zero-order valence-corrected chi connectivity index (χ0v) is 29.3. The number of carbonyl (C=O) groups excluding carboxylic acids is 2. The van der Waals surface area contributed by atoms with Gasteiger partial charge in [-0.15, -0.1) is 0 Å². The summed E-state index contributed by atoms with van der Waals surface area (Å²) < 4.78 is 80.9. The van der Waals surface area contributed by atoms with Crippen molar-refractivity contribution in [2.45, 2.75) is 70.9 Å². The number of carboxylic acid groups (broad SMARTS) is 1. The Morgan fingerprint density at radius 3 is 2.24 bits per heavy atom. The number of rotatable bonds is 9. The zero-order chi connectivity index (χ0) is 37.4. The summed E-state index contributed by atoms with van der Waals surface area (Å²) in [5, 5.41) is 10.00. The van der Waals surface area contributed by atoms with Gasteiger partial charge in [-0.2, -0.15) is 18.1 Å². The van der Waals surface area contributed by atoms with Crippen LogP contribution in [0.4, 0.5) is 18.0 Å². The van der Waals surface area contributed by atoms with Crippen molar-refractivity contribution in [2.75, 3.05) is 18.8 Å². The summed E-state index contributed by atoms with van der Waals surface area (Å²) in [6.45, 7) is 6.63. The van der Waals surface area contributed by atoms with Gasteiger partial charge in [0.15, 0.2) is 0 Å². The van der Waals surface area contributed by atoms with Gasteiger partial charge in [-0.1, -0.05) is 36.4 Å². The lowest BCUT2D eigenvalue weighted by molar-refractivity contribution is -0.137. The molecule has 51 heavy (non-hydrogen) atoms. The molecule has 11 nitrogen and oxygen atoms in total. The van der Waals surface area contributed by atoms with E-state index in [1.807, 2.05) is 0 Å². The molecule has 15 heteroatoms. The minimum atomic E-state index is -4.83. The van der Waals surface area contributed by atoms with Crippen molar-refractivity contribution in [3.63, 3.8) is 0 Å². The molecule has 1 spiro atoms. The van der Waals surface area contributed by atoms with E-state index < -0.39 is 56.7 Å². The summed E-state index contributed by atoms with van der Waals surface area (Å²) in [5.41, 5.74) is -1.33. The Kier molecular flexibility index (Phi) is 10.4. The molecule has 1 saturated heterocycles. The minimum Gasteiger partial charge on any atom is -0.489 e. The Hall–Kier alpha value is -4.76. The topological polar surface area (TPSA) is 143 Å². The van der Waals surface area contributed by atoms with Crippen molar-refractivity contribution >= 4 is 33.8 Å². The van der Waals surface area contributed by atoms with E-state index in [-0.39, 0.29) is 56.0 Å². The lowest BCUT2D eigenvalue weighted by Gasteiger charge is -2.35. The summed E-state index contributed by atoms with van der Waals surface area (Å²) in [5.74, 6) is -2.44. The fraction of sp³-hybridized carbons (Fsp3) is 0.389. The highest BCUT2D eigenvalue weighted by Crippen LogP contribution is 2.39. The van der Waals surface area contributed by atoms with Gasteiger partial charge in [-0.3, -0.25) is 9.79 Å². The SMILES string of the molecule is Cc1cc(C(=O)OC(C)(C)C)ccc1CCS(=O)(=O)N1CCC2(CC1)N=C(c1cc(OCc3ccccc3)cc(C(F)(F)F)c1)N(C(=O)O)C2=O. The third-order valence-electron chi connectivity index (χ3n) is 8.61. The molecule has 1 N–H and O–H groups in total. The number of alkyl halides is 3. The normalized spacial score (nSPS) is 16.6. The van der Waals surface area contributed by atoms with E-state index in [2.05, 4.69) is 4.99 Å². The largest absolute Gasteiger partial charge is 0.489 e. The van der Waals surface area contributed by atoms with Crippen molar-refractivity contribution in [1.82, 2.24) is 9.21 Å². The number of aliphatic imine (C=N–C) groups is 1. The second-order valence-corrected chi connectivity index (χ2v) is 15.6. The number of sulfonamides is 1. The molecule has 272 valence electrons. The molecular weight excluding hydrogens is 691 g/mol.